The molecule has 1 fully saturated rings. The second-order valence-electron chi connectivity index (χ2n) is 4.90. The first kappa shape index (κ1) is 15.7. The molecule has 0 saturated carbocycles. The highest BCUT2D eigenvalue weighted by atomic mass is 127. The van der Waals surface area contributed by atoms with E-state index in [2.05, 4.69) is 22.6 Å². The molecule has 1 aliphatic rings. The van der Waals surface area contributed by atoms with Crippen molar-refractivity contribution in [3.8, 4) is 0 Å². The van der Waals surface area contributed by atoms with Gasteiger partial charge in [-0.1, -0.05) is 53.8 Å². The Hall–Kier alpha value is -1.18. The number of anilines is 1. The number of hydrogen-bond acceptors (Lipinski definition) is 3. The van der Waals surface area contributed by atoms with Crippen molar-refractivity contribution in [1.29, 1.82) is 0 Å². The summed E-state index contributed by atoms with van der Waals surface area (Å²) >= 11 is 8.98. The van der Waals surface area contributed by atoms with Crippen molar-refractivity contribution in [1.82, 2.24) is 0 Å². The molecule has 1 aliphatic heterocycles. The van der Waals surface area contributed by atoms with E-state index in [9.17, 15) is 4.79 Å². The fraction of sp³-hybridized carbons (Fsp3) is 0.0588. The average molecular weight is 437 g/mol. The number of carbonyl (C=O) groups is 1. The summed E-state index contributed by atoms with van der Waals surface area (Å²) in [5.41, 5.74) is 2.98. The SMILES string of the molecule is Cc1ccc(N2C(=O)C(=Cc3ccc(I)cc3)SC2=S)cc1. The molecule has 2 nitrogen and oxygen atoms in total. The fourth-order valence-corrected chi connectivity index (χ4v) is 3.75. The van der Waals surface area contributed by atoms with Gasteiger partial charge in [-0.25, -0.2) is 0 Å². The van der Waals surface area contributed by atoms with Gasteiger partial charge in [-0.3, -0.25) is 9.69 Å². The highest BCUT2D eigenvalue weighted by Crippen LogP contribution is 2.36. The van der Waals surface area contributed by atoms with Crippen LogP contribution in [0.25, 0.3) is 6.08 Å². The maximum Gasteiger partial charge on any atom is 0.270 e. The second-order valence-corrected chi connectivity index (χ2v) is 7.83. The van der Waals surface area contributed by atoms with E-state index in [1.54, 1.807) is 4.90 Å². The Kier molecular flexibility index (Phi) is 4.65. The summed E-state index contributed by atoms with van der Waals surface area (Å²) in [6.07, 6.45) is 1.89. The molecule has 0 bridgehead atoms. The lowest BCUT2D eigenvalue weighted by Crippen LogP contribution is -2.27. The molecule has 0 radical (unpaired) electrons. The molecular weight excluding hydrogens is 425 g/mol. The van der Waals surface area contributed by atoms with Crippen LogP contribution in [0.4, 0.5) is 5.69 Å². The molecule has 0 N–H and O–H groups in total. The molecule has 2 aromatic carbocycles. The number of benzene rings is 2. The van der Waals surface area contributed by atoms with Gasteiger partial charge in [-0.05, 0) is 65.4 Å². The lowest BCUT2D eigenvalue weighted by molar-refractivity contribution is -0.113. The third kappa shape index (κ3) is 3.26. The fourth-order valence-electron chi connectivity index (χ4n) is 2.09. The number of thiocarbonyl (C=S) groups is 1. The van der Waals surface area contributed by atoms with Gasteiger partial charge < -0.3 is 0 Å². The first-order chi connectivity index (χ1) is 10.5. The largest absolute Gasteiger partial charge is 0.270 e. The van der Waals surface area contributed by atoms with Crippen LogP contribution < -0.4 is 4.90 Å². The number of halogens is 1. The van der Waals surface area contributed by atoms with Gasteiger partial charge >= 0.3 is 0 Å². The monoisotopic (exact) mass is 437 g/mol. The quantitative estimate of drug-likeness (QED) is 0.375. The molecule has 0 spiro atoms. The van der Waals surface area contributed by atoms with Crippen LogP contribution >= 0.6 is 46.6 Å². The van der Waals surface area contributed by atoms with E-state index in [4.69, 9.17) is 12.2 Å². The summed E-state index contributed by atoms with van der Waals surface area (Å²) in [5, 5.41) is 0. The first-order valence-corrected chi connectivity index (χ1v) is 8.95. The number of carbonyl (C=O) groups excluding carboxylic acids is 1. The summed E-state index contributed by atoms with van der Waals surface area (Å²) < 4.78 is 1.74. The predicted molar refractivity (Wildman–Crippen MR) is 106 cm³/mol. The van der Waals surface area contributed by atoms with E-state index < -0.39 is 0 Å². The van der Waals surface area contributed by atoms with E-state index in [1.165, 1.54) is 15.3 Å². The third-order valence-corrected chi connectivity index (χ3v) is 5.27. The Morgan fingerprint density at radius 3 is 2.36 bits per heavy atom. The summed E-state index contributed by atoms with van der Waals surface area (Å²) in [6, 6.07) is 15.9. The maximum absolute atomic E-state index is 12.6. The molecule has 1 heterocycles. The highest BCUT2D eigenvalue weighted by molar-refractivity contribution is 14.1. The molecule has 1 saturated heterocycles. The number of nitrogens with zero attached hydrogens (tertiary/aromatic N) is 1. The third-order valence-electron chi connectivity index (χ3n) is 3.25. The molecule has 0 unspecified atom stereocenters. The van der Waals surface area contributed by atoms with Gasteiger partial charge in [0.25, 0.3) is 5.91 Å². The van der Waals surface area contributed by atoms with Gasteiger partial charge in [0.2, 0.25) is 0 Å². The lowest BCUT2D eigenvalue weighted by Gasteiger charge is -2.14. The summed E-state index contributed by atoms with van der Waals surface area (Å²) in [6.45, 7) is 2.02. The van der Waals surface area contributed by atoms with Crippen LogP contribution in [0.5, 0.6) is 0 Å². The minimum atomic E-state index is -0.0580. The molecular formula is C17H12INOS2. The number of amides is 1. The van der Waals surface area contributed by atoms with Gasteiger partial charge in [0.15, 0.2) is 4.32 Å². The van der Waals surface area contributed by atoms with Crippen LogP contribution in [0.15, 0.2) is 53.4 Å². The standard InChI is InChI=1S/C17H12INOS2/c1-11-2-8-14(9-3-11)19-16(20)15(22-17(19)21)10-12-4-6-13(18)7-5-12/h2-10H,1H3. The van der Waals surface area contributed by atoms with Gasteiger partial charge in [0.05, 0.1) is 10.6 Å². The van der Waals surface area contributed by atoms with E-state index in [0.29, 0.717) is 9.23 Å². The summed E-state index contributed by atoms with van der Waals surface area (Å²) in [7, 11) is 0. The lowest BCUT2D eigenvalue weighted by atomic mass is 10.2. The Morgan fingerprint density at radius 1 is 1.09 bits per heavy atom. The maximum atomic E-state index is 12.6. The van der Waals surface area contributed by atoms with Crippen LogP contribution in [0.3, 0.4) is 0 Å². The zero-order chi connectivity index (χ0) is 15.7. The van der Waals surface area contributed by atoms with Crippen LogP contribution in [0, 0.1) is 10.5 Å². The average Bonchev–Trinajstić information content (AvgIpc) is 2.77. The minimum Gasteiger partial charge on any atom is -0.268 e. The van der Waals surface area contributed by atoms with Crippen molar-refractivity contribution >= 4 is 68.6 Å². The van der Waals surface area contributed by atoms with Crippen molar-refractivity contribution in [2.24, 2.45) is 0 Å². The van der Waals surface area contributed by atoms with Gasteiger partial charge in [0, 0.05) is 3.57 Å². The van der Waals surface area contributed by atoms with Crippen molar-refractivity contribution in [2.75, 3.05) is 4.90 Å². The Labute approximate surface area is 152 Å². The number of thioether (sulfide) groups is 1. The highest BCUT2D eigenvalue weighted by Gasteiger charge is 2.33. The molecule has 110 valence electrons. The normalized spacial score (nSPS) is 16.6. The number of rotatable bonds is 2. The van der Waals surface area contributed by atoms with Gasteiger partial charge in [-0.2, -0.15) is 0 Å². The zero-order valence-electron chi connectivity index (χ0n) is 11.7. The molecule has 3 rings (SSSR count). The van der Waals surface area contributed by atoms with Crippen LogP contribution in [-0.2, 0) is 4.79 Å². The van der Waals surface area contributed by atoms with E-state index in [-0.39, 0.29) is 5.91 Å². The zero-order valence-corrected chi connectivity index (χ0v) is 15.5. The van der Waals surface area contributed by atoms with Crippen molar-refractivity contribution in [3.05, 3.63) is 68.1 Å². The van der Waals surface area contributed by atoms with Crippen LogP contribution in [0.2, 0.25) is 0 Å². The van der Waals surface area contributed by atoms with E-state index >= 15 is 0 Å². The summed E-state index contributed by atoms with van der Waals surface area (Å²) in [5.74, 6) is -0.0580. The summed E-state index contributed by atoms with van der Waals surface area (Å²) in [4.78, 5) is 14.9. The second kappa shape index (κ2) is 6.52. The first-order valence-electron chi connectivity index (χ1n) is 6.65. The molecule has 0 atom stereocenters. The molecule has 0 aromatic heterocycles. The Balaban J connectivity index is 1.91. The van der Waals surface area contributed by atoms with E-state index in [1.807, 2.05) is 61.5 Å². The minimum absolute atomic E-state index is 0.0580. The van der Waals surface area contributed by atoms with Crippen LogP contribution in [0.1, 0.15) is 11.1 Å². The molecule has 5 heteroatoms. The topological polar surface area (TPSA) is 20.3 Å². The van der Waals surface area contributed by atoms with Crippen molar-refractivity contribution < 1.29 is 4.79 Å². The number of aryl methyl sites for hydroxylation is 1. The Morgan fingerprint density at radius 2 is 1.73 bits per heavy atom. The number of hydrogen-bond donors (Lipinski definition) is 0. The molecule has 22 heavy (non-hydrogen) atoms. The smallest absolute Gasteiger partial charge is 0.268 e. The molecule has 0 aliphatic carbocycles. The van der Waals surface area contributed by atoms with Crippen molar-refractivity contribution in [2.45, 2.75) is 6.92 Å². The Bertz CT molecular complexity index is 766. The van der Waals surface area contributed by atoms with Crippen LogP contribution in [-0.4, -0.2) is 10.2 Å². The molecule has 1 amide bonds. The van der Waals surface area contributed by atoms with Gasteiger partial charge in [-0.15, -0.1) is 0 Å². The molecule has 2 aromatic rings. The van der Waals surface area contributed by atoms with E-state index in [0.717, 1.165) is 16.8 Å². The predicted octanol–water partition coefficient (Wildman–Crippen LogP) is 5.01. The van der Waals surface area contributed by atoms with Crippen molar-refractivity contribution in [3.63, 3.8) is 0 Å². The van der Waals surface area contributed by atoms with Gasteiger partial charge in [0.1, 0.15) is 0 Å².